The Balaban J connectivity index is 2.92. The van der Waals surface area contributed by atoms with Gasteiger partial charge in [0, 0.05) is 16.5 Å². The highest BCUT2D eigenvalue weighted by Crippen LogP contribution is 2.20. The minimum Gasteiger partial charge on any atom is -0.206 e. The van der Waals surface area contributed by atoms with Gasteiger partial charge in [0.2, 0.25) is 0 Å². The fourth-order valence-electron chi connectivity index (χ4n) is 1.08. The van der Waals surface area contributed by atoms with Crippen LogP contribution < -0.4 is 0 Å². The van der Waals surface area contributed by atoms with Gasteiger partial charge in [-0.1, -0.05) is 23.8 Å². The molecule has 76 valence electrons. The molecule has 0 bridgehead atoms. The summed E-state index contributed by atoms with van der Waals surface area (Å²) in [5.74, 6) is 0.247. The number of rotatable bonds is 3. The van der Waals surface area contributed by atoms with E-state index in [1.807, 2.05) is 13.0 Å². The maximum atomic E-state index is 13.3. The Morgan fingerprint density at radius 3 is 2.79 bits per heavy atom. The molecule has 0 aliphatic carbocycles. The number of allylic oxidation sites excluding steroid dienone is 1. The topological polar surface area (TPSA) is 0 Å². The van der Waals surface area contributed by atoms with Crippen LogP contribution in [-0.2, 0) is 0 Å². The largest absolute Gasteiger partial charge is 0.206 e. The second kappa shape index (κ2) is 5.38. The van der Waals surface area contributed by atoms with Gasteiger partial charge >= 0.3 is 0 Å². The molecule has 0 heterocycles. The van der Waals surface area contributed by atoms with E-state index in [1.54, 1.807) is 12.1 Å². The molecule has 1 aromatic rings. The van der Waals surface area contributed by atoms with E-state index in [-0.39, 0.29) is 5.82 Å². The van der Waals surface area contributed by atoms with E-state index in [2.05, 4.69) is 0 Å². The predicted octanol–water partition coefficient (Wildman–Crippen LogP) is 4.43. The zero-order valence-corrected chi connectivity index (χ0v) is 9.37. The first-order valence-corrected chi connectivity index (χ1v) is 5.24. The second-order valence-electron chi connectivity index (χ2n) is 3.00. The average Bonchev–Trinajstić information content (AvgIpc) is 2.14. The van der Waals surface area contributed by atoms with Gasteiger partial charge in [0.15, 0.2) is 0 Å². The van der Waals surface area contributed by atoms with Gasteiger partial charge in [-0.15, -0.1) is 11.6 Å². The monoisotopic (exact) mass is 232 g/mol. The number of hydrogen-bond donors (Lipinski definition) is 0. The third-order valence-electron chi connectivity index (χ3n) is 1.85. The highest BCUT2D eigenvalue weighted by atomic mass is 35.5. The summed E-state index contributed by atoms with van der Waals surface area (Å²) in [5.41, 5.74) is 1.43. The molecule has 0 aromatic heterocycles. The van der Waals surface area contributed by atoms with Crippen LogP contribution in [0.25, 0.3) is 6.08 Å². The summed E-state index contributed by atoms with van der Waals surface area (Å²) in [4.78, 5) is 0. The van der Waals surface area contributed by atoms with Crippen LogP contribution in [0.1, 0.15) is 17.5 Å². The molecule has 0 unspecified atom stereocenters. The lowest BCUT2D eigenvalue weighted by molar-refractivity contribution is 0.624. The van der Waals surface area contributed by atoms with Crippen molar-refractivity contribution in [2.24, 2.45) is 0 Å². The van der Waals surface area contributed by atoms with Crippen LogP contribution in [0.2, 0.25) is 5.02 Å². The number of hydrogen-bond acceptors (Lipinski definition) is 0. The van der Waals surface area contributed by atoms with Crippen molar-refractivity contribution < 1.29 is 4.39 Å². The fourth-order valence-corrected chi connectivity index (χ4v) is 1.36. The molecule has 0 amide bonds. The average molecular weight is 233 g/mol. The van der Waals surface area contributed by atoms with Gasteiger partial charge in [-0.2, -0.15) is 0 Å². The first kappa shape index (κ1) is 11.5. The Kier molecular flexibility index (Phi) is 4.43. The van der Waals surface area contributed by atoms with Gasteiger partial charge in [0.1, 0.15) is 5.82 Å². The zero-order valence-electron chi connectivity index (χ0n) is 7.86. The van der Waals surface area contributed by atoms with Crippen LogP contribution in [0.3, 0.4) is 0 Å². The molecule has 1 aromatic carbocycles. The molecule has 0 fully saturated rings. The molecular formula is C11H11Cl2F. The molecule has 0 spiro atoms. The van der Waals surface area contributed by atoms with Crippen LogP contribution in [0.15, 0.2) is 18.2 Å². The van der Waals surface area contributed by atoms with Crippen molar-refractivity contribution in [2.75, 3.05) is 5.88 Å². The highest BCUT2D eigenvalue weighted by molar-refractivity contribution is 6.31. The van der Waals surface area contributed by atoms with E-state index in [0.717, 1.165) is 12.0 Å². The van der Waals surface area contributed by atoms with Crippen LogP contribution in [-0.4, -0.2) is 5.88 Å². The van der Waals surface area contributed by atoms with Crippen molar-refractivity contribution in [3.63, 3.8) is 0 Å². The first-order chi connectivity index (χ1) is 6.65. The summed E-state index contributed by atoms with van der Waals surface area (Å²) < 4.78 is 13.3. The molecule has 1 rings (SSSR count). The third-order valence-corrected chi connectivity index (χ3v) is 2.48. The SMILES string of the molecule is Cc1cc(C=CCCCl)c(F)cc1Cl. The van der Waals surface area contributed by atoms with Gasteiger partial charge in [-0.05, 0) is 31.0 Å². The smallest absolute Gasteiger partial charge is 0.131 e. The molecule has 0 nitrogen and oxygen atoms in total. The van der Waals surface area contributed by atoms with E-state index in [0.29, 0.717) is 16.5 Å². The van der Waals surface area contributed by atoms with E-state index < -0.39 is 0 Å². The van der Waals surface area contributed by atoms with Gasteiger partial charge in [0.05, 0.1) is 0 Å². The van der Waals surface area contributed by atoms with Gasteiger partial charge < -0.3 is 0 Å². The Hall–Kier alpha value is -0.530. The first-order valence-electron chi connectivity index (χ1n) is 4.33. The molecule has 0 aliphatic rings. The van der Waals surface area contributed by atoms with E-state index in [1.165, 1.54) is 6.07 Å². The molecule has 0 saturated carbocycles. The summed E-state index contributed by atoms with van der Waals surface area (Å²) in [6.45, 7) is 1.85. The minimum atomic E-state index is -0.300. The van der Waals surface area contributed by atoms with Crippen molar-refractivity contribution in [1.82, 2.24) is 0 Å². The summed E-state index contributed by atoms with van der Waals surface area (Å²) in [7, 11) is 0. The number of benzene rings is 1. The fraction of sp³-hybridized carbons (Fsp3) is 0.273. The van der Waals surface area contributed by atoms with Gasteiger partial charge in [-0.25, -0.2) is 4.39 Å². The van der Waals surface area contributed by atoms with Crippen LogP contribution in [0.5, 0.6) is 0 Å². The molecule has 0 N–H and O–H groups in total. The molecule has 0 atom stereocenters. The summed E-state index contributed by atoms with van der Waals surface area (Å²) >= 11 is 11.3. The summed E-state index contributed by atoms with van der Waals surface area (Å²) in [6.07, 6.45) is 4.31. The Labute approximate surface area is 93.3 Å². The molecule has 0 saturated heterocycles. The van der Waals surface area contributed by atoms with E-state index >= 15 is 0 Å². The normalized spacial score (nSPS) is 11.1. The number of alkyl halides is 1. The zero-order chi connectivity index (χ0) is 10.6. The molecule has 3 heteroatoms. The summed E-state index contributed by atoms with van der Waals surface area (Å²) in [5, 5.41) is 0.456. The van der Waals surface area contributed by atoms with Crippen molar-refractivity contribution in [2.45, 2.75) is 13.3 Å². The molecule has 14 heavy (non-hydrogen) atoms. The third kappa shape index (κ3) is 3.00. The van der Waals surface area contributed by atoms with Gasteiger partial charge in [-0.3, -0.25) is 0 Å². The van der Waals surface area contributed by atoms with Crippen LogP contribution in [0, 0.1) is 12.7 Å². The lowest BCUT2D eigenvalue weighted by Crippen LogP contribution is -1.85. The highest BCUT2D eigenvalue weighted by Gasteiger charge is 2.02. The van der Waals surface area contributed by atoms with E-state index in [9.17, 15) is 4.39 Å². The number of halogens is 3. The summed E-state index contributed by atoms with van der Waals surface area (Å²) in [6, 6.07) is 3.06. The maximum absolute atomic E-state index is 13.3. The molecular weight excluding hydrogens is 222 g/mol. The Bertz CT molecular complexity index is 345. The molecule has 0 aliphatic heterocycles. The Morgan fingerprint density at radius 1 is 1.43 bits per heavy atom. The van der Waals surface area contributed by atoms with Gasteiger partial charge in [0.25, 0.3) is 0 Å². The van der Waals surface area contributed by atoms with E-state index in [4.69, 9.17) is 23.2 Å². The van der Waals surface area contributed by atoms with Crippen molar-refractivity contribution in [3.05, 3.63) is 40.2 Å². The minimum absolute atomic E-state index is 0.300. The predicted molar refractivity (Wildman–Crippen MR) is 60.5 cm³/mol. The second-order valence-corrected chi connectivity index (χ2v) is 3.79. The van der Waals surface area contributed by atoms with Crippen molar-refractivity contribution >= 4 is 29.3 Å². The lowest BCUT2D eigenvalue weighted by Gasteiger charge is -2.01. The molecule has 0 radical (unpaired) electrons. The number of aryl methyl sites for hydroxylation is 1. The van der Waals surface area contributed by atoms with Crippen molar-refractivity contribution in [1.29, 1.82) is 0 Å². The maximum Gasteiger partial charge on any atom is 0.131 e. The van der Waals surface area contributed by atoms with Crippen molar-refractivity contribution in [3.8, 4) is 0 Å². The van der Waals surface area contributed by atoms with Crippen LogP contribution >= 0.6 is 23.2 Å². The lowest BCUT2D eigenvalue weighted by atomic mass is 10.1. The Morgan fingerprint density at radius 2 is 2.14 bits per heavy atom. The quantitative estimate of drug-likeness (QED) is 0.677. The standard InChI is InChI=1S/C11H11Cl2F/c1-8-6-9(4-2-3-5-12)11(14)7-10(8)13/h2,4,6-7H,3,5H2,1H3. The van der Waals surface area contributed by atoms with Crippen LogP contribution in [0.4, 0.5) is 4.39 Å².